The highest BCUT2D eigenvalue weighted by Gasteiger charge is 2.30. The Morgan fingerprint density at radius 1 is 0.625 bits per heavy atom. The Labute approximate surface area is 151 Å². The predicted molar refractivity (Wildman–Crippen MR) is 107 cm³/mol. The smallest absolute Gasteiger partial charge is 0.0192 e. The van der Waals surface area contributed by atoms with Crippen LogP contribution in [0.25, 0.3) is 0 Å². The van der Waals surface area contributed by atoms with Gasteiger partial charge in [0.2, 0.25) is 0 Å². The van der Waals surface area contributed by atoms with Crippen molar-refractivity contribution in [1.29, 1.82) is 0 Å². The highest BCUT2D eigenvalue weighted by molar-refractivity contribution is 4.90. The molecular formula is C20H44N4. The fourth-order valence-electron chi connectivity index (χ4n) is 3.91. The second kappa shape index (κ2) is 8.48. The van der Waals surface area contributed by atoms with Crippen LogP contribution in [0.1, 0.15) is 68.2 Å². The maximum Gasteiger partial charge on any atom is 0.0192 e. The molecule has 0 bridgehead atoms. The predicted octanol–water partition coefficient (Wildman–Crippen LogP) is 2.93. The van der Waals surface area contributed by atoms with Gasteiger partial charge >= 0.3 is 0 Å². The van der Waals surface area contributed by atoms with Crippen LogP contribution in [0.5, 0.6) is 0 Å². The van der Waals surface area contributed by atoms with Crippen molar-refractivity contribution in [3.05, 3.63) is 0 Å². The highest BCUT2D eigenvalue weighted by Crippen LogP contribution is 2.20. The minimum atomic E-state index is 0.155. The van der Waals surface area contributed by atoms with Crippen LogP contribution in [0, 0.1) is 0 Å². The largest absolute Gasteiger partial charge is 0.310 e. The molecule has 0 spiro atoms. The van der Waals surface area contributed by atoms with Gasteiger partial charge in [-0.1, -0.05) is 0 Å². The lowest BCUT2D eigenvalue weighted by molar-refractivity contribution is 0.115. The van der Waals surface area contributed by atoms with Crippen molar-refractivity contribution in [3.8, 4) is 0 Å². The molecule has 1 saturated heterocycles. The van der Waals surface area contributed by atoms with Gasteiger partial charge in [0, 0.05) is 48.3 Å². The van der Waals surface area contributed by atoms with Crippen LogP contribution in [0.3, 0.4) is 0 Å². The third-order valence-corrected chi connectivity index (χ3v) is 6.14. The zero-order chi connectivity index (χ0) is 18.7. The Morgan fingerprint density at radius 3 is 1.21 bits per heavy atom. The molecule has 0 saturated carbocycles. The summed E-state index contributed by atoms with van der Waals surface area (Å²) in [6.07, 6.45) is 2.31. The van der Waals surface area contributed by atoms with Crippen LogP contribution >= 0.6 is 0 Å². The van der Waals surface area contributed by atoms with Gasteiger partial charge in [-0.15, -0.1) is 0 Å². The van der Waals surface area contributed by atoms with Crippen LogP contribution in [0.15, 0.2) is 0 Å². The summed E-state index contributed by atoms with van der Waals surface area (Å²) in [6.45, 7) is 20.8. The first-order valence-corrected chi connectivity index (χ1v) is 9.78. The van der Waals surface area contributed by atoms with Gasteiger partial charge in [-0.25, -0.2) is 0 Å². The highest BCUT2D eigenvalue weighted by atomic mass is 15.2. The van der Waals surface area contributed by atoms with Crippen molar-refractivity contribution in [3.63, 3.8) is 0 Å². The van der Waals surface area contributed by atoms with Gasteiger partial charge in [-0.3, -0.25) is 9.80 Å². The molecule has 0 aromatic carbocycles. The third-order valence-electron chi connectivity index (χ3n) is 6.14. The van der Waals surface area contributed by atoms with E-state index < -0.39 is 0 Å². The molecule has 0 radical (unpaired) electrons. The van der Waals surface area contributed by atoms with Gasteiger partial charge in [-0.05, 0) is 82.3 Å². The topological polar surface area (TPSA) is 30.5 Å². The molecule has 1 aliphatic rings. The fraction of sp³-hybridized carbons (Fsp3) is 1.00. The number of nitrogens with one attached hydrogen (secondary N) is 2. The normalized spacial score (nSPS) is 37.8. The van der Waals surface area contributed by atoms with Gasteiger partial charge in [0.05, 0.1) is 0 Å². The molecule has 0 aliphatic carbocycles. The van der Waals surface area contributed by atoms with E-state index in [9.17, 15) is 0 Å². The monoisotopic (exact) mass is 340 g/mol. The average Bonchev–Trinajstić information content (AvgIpc) is 2.47. The number of nitrogens with zero attached hydrogens (tertiary/aromatic N) is 2. The lowest BCUT2D eigenvalue weighted by Gasteiger charge is -2.42. The van der Waals surface area contributed by atoms with E-state index in [1.54, 1.807) is 0 Å². The molecule has 0 aromatic heterocycles. The first-order valence-electron chi connectivity index (χ1n) is 9.78. The summed E-state index contributed by atoms with van der Waals surface area (Å²) in [6, 6.07) is 2.18. The van der Waals surface area contributed by atoms with Crippen LogP contribution in [-0.2, 0) is 0 Å². The summed E-state index contributed by atoms with van der Waals surface area (Å²) in [5.41, 5.74) is 0.311. The van der Waals surface area contributed by atoms with Crippen LogP contribution in [0.2, 0.25) is 0 Å². The summed E-state index contributed by atoms with van der Waals surface area (Å²) >= 11 is 0. The summed E-state index contributed by atoms with van der Waals surface area (Å²) < 4.78 is 0. The second-order valence-electron chi connectivity index (χ2n) is 9.66. The molecule has 0 amide bonds. The number of hydrogen-bond acceptors (Lipinski definition) is 4. The van der Waals surface area contributed by atoms with Gasteiger partial charge in [0.1, 0.15) is 0 Å². The Hall–Kier alpha value is -0.160. The Bertz CT molecular complexity index is 344. The van der Waals surface area contributed by atoms with E-state index in [2.05, 4.69) is 89.9 Å². The van der Waals surface area contributed by atoms with E-state index in [0.717, 1.165) is 25.9 Å². The first kappa shape index (κ1) is 21.9. The van der Waals surface area contributed by atoms with E-state index in [1.807, 2.05) is 0 Å². The summed E-state index contributed by atoms with van der Waals surface area (Å²) in [5, 5.41) is 7.63. The molecule has 24 heavy (non-hydrogen) atoms. The third kappa shape index (κ3) is 6.62. The molecule has 1 aliphatic heterocycles. The van der Waals surface area contributed by atoms with Crippen molar-refractivity contribution in [2.45, 2.75) is 103 Å². The average molecular weight is 341 g/mol. The summed E-state index contributed by atoms with van der Waals surface area (Å²) in [7, 11) is 4.54. The maximum atomic E-state index is 3.82. The molecule has 4 nitrogen and oxygen atoms in total. The van der Waals surface area contributed by atoms with Crippen molar-refractivity contribution in [1.82, 2.24) is 20.4 Å². The molecule has 4 heteroatoms. The van der Waals surface area contributed by atoms with Gasteiger partial charge in [0.25, 0.3) is 0 Å². The molecule has 0 aromatic rings. The molecule has 2 N–H and O–H groups in total. The quantitative estimate of drug-likeness (QED) is 0.710. The molecule has 1 fully saturated rings. The Kier molecular flexibility index (Phi) is 7.73. The first-order chi connectivity index (χ1) is 10.8. The summed E-state index contributed by atoms with van der Waals surface area (Å²) in [4.78, 5) is 5.05. The second-order valence-corrected chi connectivity index (χ2v) is 9.66. The number of hydrogen-bond donors (Lipinski definition) is 2. The molecule has 4 unspecified atom stereocenters. The lowest BCUT2D eigenvalue weighted by atomic mass is 9.92. The van der Waals surface area contributed by atoms with Crippen molar-refractivity contribution >= 4 is 0 Å². The van der Waals surface area contributed by atoms with E-state index in [4.69, 9.17) is 0 Å². The van der Waals surface area contributed by atoms with Crippen LogP contribution in [-0.4, -0.2) is 72.2 Å². The van der Waals surface area contributed by atoms with Crippen LogP contribution < -0.4 is 10.6 Å². The van der Waals surface area contributed by atoms with E-state index >= 15 is 0 Å². The number of rotatable bonds is 0. The van der Waals surface area contributed by atoms with Gasteiger partial charge < -0.3 is 10.6 Å². The minimum absolute atomic E-state index is 0.155. The maximum absolute atomic E-state index is 3.82. The molecule has 144 valence electrons. The zero-order valence-corrected chi connectivity index (χ0v) is 18.0. The zero-order valence-electron chi connectivity index (χ0n) is 18.0. The molecular weight excluding hydrogens is 296 g/mol. The molecule has 1 heterocycles. The standard InChI is InChI=1S/C20H44N4/c1-15-11-19(5,6)21-14-18(4)24(10)16(2)12-20(7,8)22-13-17(3)23(15)9/h15-18,21-22H,11-14H2,1-10H3. The number of likely N-dealkylation sites (N-methyl/N-ethyl adjacent to an activating group) is 2. The lowest BCUT2D eigenvalue weighted by Crippen LogP contribution is -2.56. The Morgan fingerprint density at radius 2 is 0.917 bits per heavy atom. The van der Waals surface area contributed by atoms with E-state index in [0.29, 0.717) is 24.2 Å². The van der Waals surface area contributed by atoms with Crippen molar-refractivity contribution in [2.75, 3.05) is 27.2 Å². The van der Waals surface area contributed by atoms with E-state index in [1.165, 1.54) is 0 Å². The molecule has 1 rings (SSSR count). The molecule has 4 atom stereocenters. The SMILES string of the molecule is CC1CNC(C)(C)CC(C)N(C)C(C)CNC(C)(C)CC(C)N1C. The summed E-state index contributed by atoms with van der Waals surface area (Å²) in [5.74, 6) is 0. The Balaban J connectivity index is 2.94. The minimum Gasteiger partial charge on any atom is -0.310 e. The van der Waals surface area contributed by atoms with Gasteiger partial charge in [-0.2, -0.15) is 0 Å². The van der Waals surface area contributed by atoms with Crippen LogP contribution in [0.4, 0.5) is 0 Å². The van der Waals surface area contributed by atoms with Gasteiger partial charge in [0.15, 0.2) is 0 Å². The van der Waals surface area contributed by atoms with Crippen molar-refractivity contribution in [2.24, 2.45) is 0 Å². The van der Waals surface area contributed by atoms with E-state index in [-0.39, 0.29) is 11.1 Å². The fourth-order valence-corrected chi connectivity index (χ4v) is 3.91. The van der Waals surface area contributed by atoms with Crippen molar-refractivity contribution < 1.29 is 0 Å².